The van der Waals surface area contributed by atoms with Crippen LogP contribution >= 0.6 is 12.2 Å². The Hall–Kier alpha value is -1.99. The van der Waals surface area contributed by atoms with Gasteiger partial charge in [-0.3, -0.25) is 4.79 Å². The maximum atomic E-state index is 12.8. The minimum absolute atomic E-state index is 0.0626. The number of nitrogens with zero attached hydrogens (tertiary/aromatic N) is 1. The summed E-state index contributed by atoms with van der Waals surface area (Å²) >= 11 is 5.31. The van der Waals surface area contributed by atoms with Gasteiger partial charge in [0.2, 0.25) is 0 Å². The van der Waals surface area contributed by atoms with E-state index in [4.69, 9.17) is 12.2 Å². The lowest BCUT2D eigenvalue weighted by Crippen LogP contribution is -3.15. The molecule has 3 N–H and O–H groups in total. The van der Waals surface area contributed by atoms with Gasteiger partial charge in [0.25, 0.3) is 5.91 Å². The quantitative estimate of drug-likeness (QED) is 0.524. The first-order chi connectivity index (χ1) is 11.1. The van der Waals surface area contributed by atoms with E-state index in [0.717, 1.165) is 31.3 Å². The van der Waals surface area contributed by atoms with Gasteiger partial charge in [0.1, 0.15) is 5.82 Å². The summed E-state index contributed by atoms with van der Waals surface area (Å²) in [7, 11) is 0. The highest BCUT2D eigenvalue weighted by atomic mass is 32.1. The predicted molar refractivity (Wildman–Crippen MR) is 93.0 cm³/mol. The molecule has 0 saturated carbocycles. The Morgan fingerprint density at radius 2 is 2.00 bits per heavy atom. The molecule has 23 heavy (non-hydrogen) atoms. The molecule has 0 aromatic heterocycles. The van der Waals surface area contributed by atoms with Crippen LogP contribution in [0, 0.1) is 5.82 Å². The van der Waals surface area contributed by atoms with Crippen LogP contribution < -0.4 is 15.5 Å². The molecule has 7 heteroatoms. The number of benzene rings is 1. The van der Waals surface area contributed by atoms with Gasteiger partial charge in [-0.2, -0.15) is 0 Å². The van der Waals surface area contributed by atoms with Gasteiger partial charge >= 0.3 is 0 Å². The number of piperazine rings is 1. The van der Waals surface area contributed by atoms with E-state index in [1.807, 2.05) is 0 Å². The van der Waals surface area contributed by atoms with Crippen molar-refractivity contribution < 1.29 is 14.1 Å². The molecule has 0 spiro atoms. The van der Waals surface area contributed by atoms with E-state index in [1.54, 1.807) is 18.2 Å². The van der Waals surface area contributed by atoms with Gasteiger partial charge < -0.3 is 20.4 Å². The van der Waals surface area contributed by atoms with Crippen molar-refractivity contribution in [3.63, 3.8) is 0 Å². The smallest absolute Gasteiger partial charge is 0.279 e. The molecule has 1 aromatic rings. The summed E-state index contributed by atoms with van der Waals surface area (Å²) in [5.74, 6) is -0.377. The Kier molecular flexibility index (Phi) is 6.49. The predicted octanol–water partition coefficient (Wildman–Crippen LogP) is 0.0252. The first-order valence-electron chi connectivity index (χ1n) is 7.61. The van der Waals surface area contributed by atoms with Crippen LogP contribution in [0.15, 0.2) is 36.9 Å². The van der Waals surface area contributed by atoms with E-state index in [9.17, 15) is 9.18 Å². The maximum absolute atomic E-state index is 12.8. The average Bonchev–Trinajstić information content (AvgIpc) is 2.55. The van der Waals surface area contributed by atoms with Gasteiger partial charge in [-0.15, -0.1) is 6.58 Å². The molecule has 0 aliphatic carbocycles. The minimum atomic E-state index is -0.314. The van der Waals surface area contributed by atoms with Gasteiger partial charge in [0, 0.05) is 12.2 Å². The fourth-order valence-electron chi connectivity index (χ4n) is 2.44. The Morgan fingerprint density at radius 3 is 2.61 bits per heavy atom. The Labute approximate surface area is 141 Å². The second kappa shape index (κ2) is 8.59. The van der Waals surface area contributed by atoms with Gasteiger partial charge in [-0.05, 0) is 36.5 Å². The molecule has 1 saturated heterocycles. The highest BCUT2D eigenvalue weighted by Crippen LogP contribution is 2.07. The lowest BCUT2D eigenvalue weighted by molar-refractivity contribution is -0.895. The number of hydrogen-bond acceptors (Lipinski definition) is 2. The van der Waals surface area contributed by atoms with Gasteiger partial charge in [-0.25, -0.2) is 4.39 Å². The second-order valence-corrected chi connectivity index (χ2v) is 5.83. The largest absolute Gasteiger partial charge is 0.359 e. The third-order valence-corrected chi connectivity index (χ3v) is 4.10. The Balaban J connectivity index is 1.73. The molecular weight excluding hydrogens is 315 g/mol. The van der Waals surface area contributed by atoms with Crippen molar-refractivity contribution >= 4 is 28.9 Å². The second-order valence-electron chi connectivity index (χ2n) is 5.44. The van der Waals surface area contributed by atoms with Crippen LogP contribution in [0.2, 0.25) is 0 Å². The minimum Gasteiger partial charge on any atom is -0.359 e. The molecule has 0 unspecified atom stereocenters. The number of halogens is 1. The van der Waals surface area contributed by atoms with E-state index >= 15 is 0 Å². The van der Waals surface area contributed by atoms with Crippen molar-refractivity contribution in [2.24, 2.45) is 0 Å². The third kappa shape index (κ3) is 5.61. The number of amides is 1. The first kappa shape index (κ1) is 17.4. The number of carbonyl (C=O) groups is 1. The molecule has 124 valence electrons. The summed E-state index contributed by atoms with van der Waals surface area (Å²) in [5, 5.41) is 6.64. The molecule has 0 atom stereocenters. The average molecular weight is 337 g/mol. The van der Waals surface area contributed by atoms with E-state index in [1.165, 1.54) is 17.0 Å². The molecule has 5 nitrogen and oxygen atoms in total. The van der Waals surface area contributed by atoms with E-state index < -0.39 is 0 Å². The zero-order valence-corrected chi connectivity index (χ0v) is 13.8. The number of rotatable bonds is 5. The standard InChI is InChI=1S/C16H21FN4OS/c1-2-7-18-16(23)21-10-8-20(9-11-21)12-15(22)19-14-5-3-13(17)4-6-14/h2-6H,1,7-12H2,(H,18,23)(H,19,22)/p+1. The van der Waals surface area contributed by atoms with E-state index in [2.05, 4.69) is 22.1 Å². The molecule has 1 fully saturated rings. The topological polar surface area (TPSA) is 48.8 Å². The normalized spacial score (nSPS) is 15.1. The molecule has 2 rings (SSSR count). The fraction of sp³-hybridized carbons (Fsp3) is 0.375. The summed E-state index contributed by atoms with van der Waals surface area (Å²) in [4.78, 5) is 15.4. The third-order valence-electron chi connectivity index (χ3n) is 3.69. The number of nitrogens with one attached hydrogen (secondary N) is 3. The Bertz CT molecular complexity index is 556. The van der Waals surface area contributed by atoms with Gasteiger partial charge in [-0.1, -0.05) is 6.08 Å². The van der Waals surface area contributed by atoms with Crippen molar-refractivity contribution in [1.29, 1.82) is 0 Å². The molecule has 1 heterocycles. The summed E-state index contributed by atoms with van der Waals surface area (Å²) < 4.78 is 12.8. The van der Waals surface area contributed by atoms with Gasteiger partial charge in [0.05, 0.1) is 26.2 Å². The van der Waals surface area contributed by atoms with Crippen molar-refractivity contribution in [3.05, 3.63) is 42.7 Å². The fourth-order valence-corrected chi connectivity index (χ4v) is 2.71. The summed E-state index contributed by atoms with van der Waals surface area (Å²) in [6.45, 7) is 8.06. The monoisotopic (exact) mass is 337 g/mol. The van der Waals surface area contributed by atoms with Crippen LogP contribution in [-0.2, 0) is 4.79 Å². The van der Waals surface area contributed by atoms with Crippen LogP contribution in [0.5, 0.6) is 0 Å². The zero-order chi connectivity index (χ0) is 16.7. The van der Waals surface area contributed by atoms with Crippen molar-refractivity contribution in [2.45, 2.75) is 0 Å². The number of anilines is 1. The number of thiocarbonyl (C=S) groups is 1. The molecule has 0 bridgehead atoms. The SMILES string of the molecule is C=CCNC(=S)N1CC[NH+](CC(=O)Nc2ccc(F)cc2)CC1. The number of hydrogen-bond donors (Lipinski definition) is 3. The summed E-state index contributed by atoms with van der Waals surface area (Å²) in [6, 6.07) is 5.78. The molecule has 1 aliphatic heterocycles. The Morgan fingerprint density at radius 1 is 1.35 bits per heavy atom. The lowest BCUT2D eigenvalue weighted by atomic mass is 10.3. The van der Waals surface area contributed by atoms with E-state index in [0.29, 0.717) is 18.8 Å². The van der Waals surface area contributed by atoms with Crippen molar-refractivity contribution in [3.8, 4) is 0 Å². The van der Waals surface area contributed by atoms with Crippen LogP contribution in [0.1, 0.15) is 0 Å². The number of quaternary nitrogens is 1. The van der Waals surface area contributed by atoms with Crippen LogP contribution in [0.4, 0.5) is 10.1 Å². The molecule has 1 amide bonds. The van der Waals surface area contributed by atoms with Crippen LogP contribution in [0.25, 0.3) is 0 Å². The summed E-state index contributed by atoms with van der Waals surface area (Å²) in [6.07, 6.45) is 1.77. The lowest BCUT2D eigenvalue weighted by Gasteiger charge is -2.33. The van der Waals surface area contributed by atoms with Crippen LogP contribution in [-0.4, -0.2) is 55.2 Å². The molecule has 0 radical (unpaired) electrons. The molecular formula is C16H22FN4OS+. The zero-order valence-electron chi connectivity index (χ0n) is 13.0. The van der Waals surface area contributed by atoms with E-state index in [-0.39, 0.29) is 11.7 Å². The summed E-state index contributed by atoms with van der Waals surface area (Å²) in [5.41, 5.74) is 0.615. The molecule has 1 aliphatic rings. The number of carbonyl (C=O) groups excluding carboxylic acids is 1. The van der Waals surface area contributed by atoms with Crippen LogP contribution in [0.3, 0.4) is 0 Å². The van der Waals surface area contributed by atoms with Gasteiger partial charge in [0.15, 0.2) is 11.7 Å². The highest BCUT2D eigenvalue weighted by Gasteiger charge is 2.23. The van der Waals surface area contributed by atoms with Crippen molar-refractivity contribution in [1.82, 2.24) is 10.2 Å². The molecule has 1 aromatic carbocycles. The first-order valence-corrected chi connectivity index (χ1v) is 8.02. The maximum Gasteiger partial charge on any atom is 0.279 e. The highest BCUT2D eigenvalue weighted by molar-refractivity contribution is 7.80. The van der Waals surface area contributed by atoms with Crippen molar-refractivity contribution in [2.75, 3.05) is 44.6 Å².